The van der Waals surface area contributed by atoms with Crippen LogP contribution in [-0.2, 0) is 16.1 Å². The Balaban J connectivity index is 0.743. The molecular weight excluding hydrogens is 723 g/mol. The molecule has 0 spiro atoms. The minimum Gasteiger partial charge on any atom is -0.372 e. The van der Waals surface area contributed by atoms with E-state index in [1.54, 1.807) is 12.1 Å². The first-order valence-electron chi connectivity index (χ1n) is 20.4. The Bertz CT molecular complexity index is 2220. The molecule has 5 aliphatic heterocycles. The Kier molecular flexibility index (Phi) is 9.99. The molecule has 3 aromatic carbocycles. The molecule has 0 aliphatic carbocycles. The highest BCUT2D eigenvalue weighted by molar-refractivity contribution is 6.25. The van der Waals surface area contributed by atoms with E-state index in [0.717, 1.165) is 111 Å². The van der Waals surface area contributed by atoms with Crippen LogP contribution in [0.2, 0.25) is 0 Å². The van der Waals surface area contributed by atoms with E-state index in [-0.39, 0.29) is 24.7 Å². The molecule has 0 saturated carbocycles. The van der Waals surface area contributed by atoms with E-state index in [2.05, 4.69) is 42.1 Å². The summed E-state index contributed by atoms with van der Waals surface area (Å²) in [5.74, 6) is -0.544. The lowest BCUT2D eigenvalue weighted by molar-refractivity contribution is -0.136. The second-order valence-corrected chi connectivity index (χ2v) is 16.2. The number of imidazole rings is 1. The van der Waals surface area contributed by atoms with Crippen LogP contribution in [0.3, 0.4) is 0 Å². The van der Waals surface area contributed by atoms with Crippen molar-refractivity contribution in [3.63, 3.8) is 0 Å². The van der Waals surface area contributed by atoms with Crippen molar-refractivity contribution in [3.05, 3.63) is 83.2 Å². The van der Waals surface area contributed by atoms with Crippen molar-refractivity contribution in [1.82, 2.24) is 30.0 Å². The van der Waals surface area contributed by atoms with E-state index < -0.39 is 23.8 Å². The number of hydrogen-bond acceptors (Lipinski definition) is 10. The highest BCUT2D eigenvalue weighted by Gasteiger charge is 2.46. The van der Waals surface area contributed by atoms with Crippen molar-refractivity contribution in [2.45, 2.75) is 64.1 Å². The number of fused-ring (bicyclic) bond motifs is 2. The zero-order valence-corrected chi connectivity index (χ0v) is 32.3. The van der Waals surface area contributed by atoms with E-state index in [9.17, 15) is 24.0 Å². The van der Waals surface area contributed by atoms with E-state index in [4.69, 9.17) is 4.98 Å². The number of H-pyrrole nitrogens is 1. The van der Waals surface area contributed by atoms with Crippen LogP contribution in [0, 0.1) is 5.92 Å². The number of aromatic amines is 1. The van der Waals surface area contributed by atoms with Crippen LogP contribution in [-0.4, -0.2) is 119 Å². The normalized spacial score (nSPS) is 22.4. The third-order valence-corrected chi connectivity index (χ3v) is 12.6. The number of carbonyl (C=O) groups excluding carboxylic acids is 5. The third kappa shape index (κ3) is 7.39. The highest BCUT2D eigenvalue weighted by atomic mass is 16.2. The molecule has 1 unspecified atom stereocenters. The molecule has 4 fully saturated rings. The van der Waals surface area contributed by atoms with Crippen LogP contribution < -0.4 is 20.4 Å². The van der Waals surface area contributed by atoms with Gasteiger partial charge >= 0.3 is 0 Å². The molecule has 57 heavy (non-hydrogen) atoms. The quantitative estimate of drug-likeness (QED) is 0.211. The highest BCUT2D eigenvalue weighted by Crippen LogP contribution is 2.35. The molecule has 5 amide bonds. The average molecular weight is 772 g/mol. The topological polar surface area (TPSA) is 154 Å². The van der Waals surface area contributed by atoms with Crippen LogP contribution in [0.25, 0.3) is 11.0 Å². The van der Waals surface area contributed by atoms with Gasteiger partial charge in [0.1, 0.15) is 11.9 Å². The number of imide groups is 2. The Morgan fingerprint density at radius 2 is 1.63 bits per heavy atom. The molecule has 1 aromatic heterocycles. The largest absolute Gasteiger partial charge is 0.372 e. The molecule has 3 N–H and O–H groups in total. The van der Waals surface area contributed by atoms with E-state index in [1.807, 2.05) is 48.5 Å². The van der Waals surface area contributed by atoms with Crippen LogP contribution in [0.15, 0.2) is 60.7 Å². The molecule has 4 aromatic rings. The van der Waals surface area contributed by atoms with Crippen molar-refractivity contribution < 1.29 is 24.0 Å². The molecule has 9 rings (SSSR count). The van der Waals surface area contributed by atoms with Crippen molar-refractivity contribution in [1.29, 1.82) is 0 Å². The monoisotopic (exact) mass is 771 g/mol. The van der Waals surface area contributed by atoms with Crippen molar-refractivity contribution in [3.8, 4) is 0 Å². The Hall–Kier alpha value is -5.60. The molecule has 14 nitrogen and oxygen atoms in total. The number of piperidine rings is 2. The maximum Gasteiger partial charge on any atom is 0.264 e. The van der Waals surface area contributed by atoms with Crippen LogP contribution in [0.5, 0.6) is 0 Å². The second kappa shape index (κ2) is 15.4. The van der Waals surface area contributed by atoms with Crippen LogP contribution in [0.4, 0.5) is 17.1 Å². The summed E-state index contributed by atoms with van der Waals surface area (Å²) in [6.07, 6.45) is 4.85. The second-order valence-electron chi connectivity index (χ2n) is 16.2. The molecule has 0 radical (unpaired) electrons. The zero-order chi connectivity index (χ0) is 39.2. The zero-order valence-electron chi connectivity index (χ0n) is 32.3. The van der Waals surface area contributed by atoms with Gasteiger partial charge in [-0.25, -0.2) is 4.98 Å². The fourth-order valence-electron chi connectivity index (χ4n) is 9.33. The first-order valence-corrected chi connectivity index (χ1v) is 20.4. The number of likely N-dealkylation sites (tertiary alicyclic amines) is 1. The van der Waals surface area contributed by atoms with E-state index in [1.165, 1.54) is 12.8 Å². The lowest BCUT2D eigenvalue weighted by Crippen LogP contribution is -2.54. The number of hydrogen-bond donors (Lipinski definition) is 3. The van der Waals surface area contributed by atoms with Gasteiger partial charge in [0.15, 0.2) is 0 Å². The number of nitrogens with zero attached hydrogens (tertiary/aromatic N) is 6. The summed E-state index contributed by atoms with van der Waals surface area (Å²) in [5, 5.41) is 5.32. The Labute approximate surface area is 331 Å². The number of amides is 5. The van der Waals surface area contributed by atoms with E-state index >= 15 is 0 Å². The summed E-state index contributed by atoms with van der Waals surface area (Å²) in [6.45, 7) is 10.3. The van der Waals surface area contributed by atoms with Crippen molar-refractivity contribution in [2.24, 2.45) is 5.92 Å². The molecule has 5 aliphatic rings. The molecule has 4 saturated heterocycles. The predicted molar refractivity (Wildman–Crippen MR) is 216 cm³/mol. The molecule has 0 bridgehead atoms. The smallest absolute Gasteiger partial charge is 0.264 e. The molecule has 14 heteroatoms. The summed E-state index contributed by atoms with van der Waals surface area (Å²) >= 11 is 0. The Morgan fingerprint density at radius 3 is 2.37 bits per heavy atom. The summed E-state index contributed by atoms with van der Waals surface area (Å²) < 4.78 is 0. The van der Waals surface area contributed by atoms with Gasteiger partial charge < -0.3 is 20.1 Å². The van der Waals surface area contributed by atoms with Gasteiger partial charge in [-0.05, 0) is 106 Å². The van der Waals surface area contributed by atoms with E-state index in [0.29, 0.717) is 28.7 Å². The Morgan fingerprint density at radius 1 is 0.842 bits per heavy atom. The first-order chi connectivity index (χ1) is 27.7. The van der Waals surface area contributed by atoms with Gasteiger partial charge in [0.25, 0.3) is 17.7 Å². The fourth-order valence-corrected chi connectivity index (χ4v) is 9.33. The molecule has 6 heterocycles. The molecule has 296 valence electrons. The number of rotatable bonds is 9. The van der Waals surface area contributed by atoms with Gasteiger partial charge in [0.05, 0.1) is 34.4 Å². The van der Waals surface area contributed by atoms with Crippen molar-refractivity contribution >= 4 is 57.6 Å². The number of piperazine rings is 1. The van der Waals surface area contributed by atoms with Gasteiger partial charge in [-0.1, -0.05) is 6.07 Å². The van der Waals surface area contributed by atoms with Gasteiger partial charge in [-0.15, -0.1) is 0 Å². The number of anilines is 3. The molecular formula is C43H49N9O5. The minimum absolute atomic E-state index is 0.0940. The van der Waals surface area contributed by atoms with Gasteiger partial charge in [0, 0.05) is 75.2 Å². The minimum atomic E-state index is -0.977. The van der Waals surface area contributed by atoms with Crippen LogP contribution in [0.1, 0.15) is 82.3 Å². The predicted octanol–water partition coefficient (Wildman–Crippen LogP) is 4.24. The van der Waals surface area contributed by atoms with Crippen LogP contribution >= 0.6 is 0 Å². The third-order valence-electron chi connectivity index (χ3n) is 12.6. The number of benzene rings is 3. The van der Waals surface area contributed by atoms with Gasteiger partial charge in [-0.2, -0.15) is 0 Å². The SMILES string of the molecule is C[C@H]1CCCN1Cc1nc2ccc(NC(=O)c3ccc(N4CCC(CN5CCN(c6cccc7c6C(=O)N(C6CCC(=O)NC6=O)C7=O)CC5)CC4)cc3)cc2[nH]1. The first kappa shape index (κ1) is 37.0. The maximum absolute atomic E-state index is 13.6. The fraction of sp³-hybridized carbons (Fsp3) is 0.442. The summed E-state index contributed by atoms with van der Waals surface area (Å²) in [4.78, 5) is 83.1. The summed E-state index contributed by atoms with van der Waals surface area (Å²) in [7, 11) is 0. The standard InChI is InChI=1S/C43H49N9O5/c1-27-4-3-17-51(27)26-37-45-33-12-9-30(24-34(33)46-37)44-40(54)29-7-10-31(11-8-29)49-18-15-28(16-19-49)25-48-20-22-50(23-21-48)35-6-2-5-32-39(35)43(57)52(42(32)56)36-13-14-38(53)47-41(36)55/h2,5-12,24,27-28,36H,3-4,13-23,25-26H2,1H3,(H,44,54)(H,45,46)(H,47,53,55)/t27-,36?/m0/s1. The summed E-state index contributed by atoms with van der Waals surface area (Å²) in [5.41, 5.74) is 5.68. The lowest BCUT2D eigenvalue weighted by Gasteiger charge is -2.40. The summed E-state index contributed by atoms with van der Waals surface area (Å²) in [6, 6.07) is 18.6. The number of carbonyl (C=O) groups is 5. The lowest BCUT2D eigenvalue weighted by atomic mass is 9.95. The average Bonchev–Trinajstić information content (AvgIpc) is 3.89. The maximum atomic E-state index is 13.6. The molecule has 2 atom stereocenters. The van der Waals surface area contributed by atoms with Gasteiger partial charge in [-0.3, -0.25) is 44.0 Å². The van der Waals surface area contributed by atoms with Gasteiger partial charge in [0.2, 0.25) is 11.8 Å². The number of nitrogens with one attached hydrogen (secondary N) is 3. The number of aromatic nitrogens is 2. The van der Waals surface area contributed by atoms with Crippen molar-refractivity contribution in [2.75, 3.05) is 67.5 Å².